The van der Waals surface area contributed by atoms with Gasteiger partial charge in [0.15, 0.2) is 0 Å². The first-order chi connectivity index (χ1) is 12.2. The van der Waals surface area contributed by atoms with E-state index in [1.165, 1.54) is 0 Å². The van der Waals surface area contributed by atoms with Crippen LogP contribution in [0.1, 0.15) is 17.1 Å². The Morgan fingerprint density at radius 2 is 1.92 bits per heavy atom. The smallest absolute Gasteiger partial charge is 0.0727 e. The van der Waals surface area contributed by atoms with E-state index < -0.39 is 0 Å². The van der Waals surface area contributed by atoms with Crippen LogP contribution in [0.4, 0.5) is 0 Å². The number of rotatable bonds is 4. The van der Waals surface area contributed by atoms with Crippen molar-refractivity contribution >= 4 is 10.9 Å². The lowest BCUT2D eigenvalue weighted by Gasteiger charge is -2.15. The second-order valence-electron chi connectivity index (χ2n) is 6.87. The van der Waals surface area contributed by atoms with Crippen LogP contribution in [-0.4, -0.2) is 44.2 Å². The molecule has 0 spiro atoms. The van der Waals surface area contributed by atoms with Crippen LogP contribution < -0.4 is 0 Å². The van der Waals surface area contributed by atoms with Crippen LogP contribution in [0.15, 0.2) is 48.8 Å². The first-order valence-corrected chi connectivity index (χ1v) is 8.70. The zero-order valence-corrected chi connectivity index (χ0v) is 14.3. The standard InChI is InChI=1S/C20H22N4O/c1-14-9-22-18(10-21-14)12-24-11-16(20(25)13-24)8-17-7-6-15-4-2-3-5-19(15)23-17/h2-7,9-10,16,20,25H,8,11-13H2,1H3/t16-,20-/m1/s1. The number of aliphatic hydroxyl groups is 1. The normalized spacial score (nSPS) is 21.0. The number of aliphatic hydroxyl groups excluding tert-OH is 1. The molecule has 0 aliphatic carbocycles. The number of likely N-dealkylation sites (tertiary alicyclic amines) is 1. The van der Waals surface area contributed by atoms with Gasteiger partial charge in [-0.25, -0.2) is 0 Å². The van der Waals surface area contributed by atoms with Crippen molar-refractivity contribution in [3.63, 3.8) is 0 Å². The van der Waals surface area contributed by atoms with Crippen LogP contribution in [-0.2, 0) is 13.0 Å². The van der Waals surface area contributed by atoms with Crippen LogP contribution >= 0.6 is 0 Å². The summed E-state index contributed by atoms with van der Waals surface area (Å²) >= 11 is 0. The Bertz CT molecular complexity index is 865. The average molecular weight is 334 g/mol. The SMILES string of the molecule is Cc1cnc(CN2C[C@@H](Cc3ccc4ccccc4n3)[C@H](O)C2)cn1. The summed E-state index contributed by atoms with van der Waals surface area (Å²) in [6.45, 7) is 4.19. The molecule has 1 aliphatic rings. The van der Waals surface area contributed by atoms with Gasteiger partial charge in [-0.3, -0.25) is 19.9 Å². The Kier molecular flexibility index (Phi) is 4.42. The van der Waals surface area contributed by atoms with Gasteiger partial charge in [0.25, 0.3) is 0 Å². The second-order valence-corrected chi connectivity index (χ2v) is 6.87. The van der Waals surface area contributed by atoms with Crippen molar-refractivity contribution in [2.24, 2.45) is 5.92 Å². The maximum absolute atomic E-state index is 10.5. The highest BCUT2D eigenvalue weighted by Gasteiger charge is 2.31. The summed E-state index contributed by atoms with van der Waals surface area (Å²) in [5, 5.41) is 11.6. The third-order valence-electron chi connectivity index (χ3n) is 4.83. The Hall–Kier alpha value is -2.37. The minimum absolute atomic E-state index is 0.201. The fourth-order valence-electron chi connectivity index (χ4n) is 3.49. The van der Waals surface area contributed by atoms with Crippen LogP contribution in [0.3, 0.4) is 0 Å². The molecule has 0 bridgehead atoms. The number of aryl methyl sites for hydroxylation is 1. The van der Waals surface area contributed by atoms with Gasteiger partial charge in [0.1, 0.15) is 0 Å². The predicted molar refractivity (Wildman–Crippen MR) is 97.0 cm³/mol. The van der Waals surface area contributed by atoms with Gasteiger partial charge < -0.3 is 5.11 Å². The molecule has 0 radical (unpaired) electrons. The zero-order chi connectivity index (χ0) is 17.2. The first kappa shape index (κ1) is 16.1. The van der Waals surface area contributed by atoms with Gasteiger partial charge in [0.05, 0.1) is 23.0 Å². The molecule has 5 nitrogen and oxygen atoms in total. The van der Waals surface area contributed by atoms with Crippen LogP contribution in [0.2, 0.25) is 0 Å². The Labute approximate surface area is 147 Å². The van der Waals surface area contributed by atoms with E-state index in [1.807, 2.05) is 31.3 Å². The summed E-state index contributed by atoms with van der Waals surface area (Å²) in [4.78, 5) is 15.7. The van der Waals surface area contributed by atoms with Gasteiger partial charge >= 0.3 is 0 Å². The Balaban J connectivity index is 1.42. The molecule has 2 aromatic heterocycles. The van der Waals surface area contributed by atoms with E-state index in [-0.39, 0.29) is 12.0 Å². The molecule has 1 aliphatic heterocycles. The number of para-hydroxylation sites is 1. The highest BCUT2D eigenvalue weighted by atomic mass is 16.3. The van der Waals surface area contributed by atoms with Gasteiger partial charge in [0, 0.05) is 49.0 Å². The fraction of sp³-hybridized carbons (Fsp3) is 0.350. The van der Waals surface area contributed by atoms with Crippen LogP contribution in [0.25, 0.3) is 10.9 Å². The van der Waals surface area contributed by atoms with Crippen molar-refractivity contribution in [1.82, 2.24) is 19.9 Å². The lowest BCUT2D eigenvalue weighted by molar-refractivity contribution is 0.140. The highest BCUT2D eigenvalue weighted by Crippen LogP contribution is 2.23. The van der Waals surface area contributed by atoms with Crippen molar-refractivity contribution in [1.29, 1.82) is 0 Å². The molecule has 4 rings (SSSR count). The molecule has 3 heterocycles. The van der Waals surface area contributed by atoms with Crippen molar-refractivity contribution in [2.45, 2.75) is 26.0 Å². The zero-order valence-electron chi connectivity index (χ0n) is 14.3. The van der Waals surface area contributed by atoms with Crippen molar-refractivity contribution in [2.75, 3.05) is 13.1 Å². The molecule has 1 aromatic carbocycles. The van der Waals surface area contributed by atoms with Gasteiger partial charge in [-0.05, 0) is 25.5 Å². The van der Waals surface area contributed by atoms with E-state index in [0.29, 0.717) is 6.54 Å². The fourth-order valence-corrected chi connectivity index (χ4v) is 3.49. The Morgan fingerprint density at radius 1 is 1.04 bits per heavy atom. The van der Waals surface area contributed by atoms with Gasteiger partial charge in [-0.1, -0.05) is 24.3 Å². The lowest BCUT2D eigenvalue weighted by atomic mass is 9.99. The second kappa shape index (κ2) is 6.86. The maximum Gasteiger partial charge on any atom is 0.0727 e. The number of hydrogen-bond donors (Lipinski definition) is 1. The third-order valence-corrected chi connectivity index (χ3v) is 4.83. The molecule has 25 heavy (non-hydrogen) atoms. The summed E-state index contributed by atoms with van der Waals surface area (Å²) in [6.07, 6.45) is 4.08. The van der Waals surface area contributed by atoms with Crippen LogP contribution in [0, 0.1) is 12.8 Å². The molecule has 1 fully saturated rings. The minimum Gasteiger partial charge on any atom is -0.391 e. The molecule has 1 saturated heterocycles. The van der Waals surface area contributed by atoms with E-state index in [4.69, 9.17) is 4.98 Å². The molecule has 128 valence electrons. The van der Waals surface area contributed by atoms with Gasteiger partial charge in [0.2, 0.25) is 0 Å². The number of benzene rings is 1. The number of pyridine rings is 1. The van der Waals surface area contributed by atoms with Crippen molar-refractivity contribution in [3.05, 3.63) is 65.9 Å². The number of fused-ring (bicyclic) bond motifs is 1. The van der Waals surface area contributed by atoms with E-state index in [1.54, 1.807) is 6.20 Å². The largest absolute Gasteiger partial charge is 0.391 e. The topological polar surface area (TPSA) is 62.1 Å². The quantitative estimate of drug-likeness (QED) is 0.794. The minimum atomic E-state index is -0.327. The van der Waals surface area contributed by atoms with Crippen molar-refractivity contribution in [3.8, 4) is 0 Å². The predicted octanol–water partition coefficient (Wildman–Crippen LogP) is 2.37. The molecular weight excluding hydrogens is 312 g/mol. The Morgan fingerprint density at radius 3 is 2.76 bits per heavy atom. The van der Waals surface area contributed by atoms with Crippen LogP contribution in [0.5, 0.6) is 0 Å². The van der Waals surface area contributed by atoms with E-state index in [0.717, 1.165) is 47.5 Å². The maximum atomic E-state index is 10.5. The average Bonchev–Trinajstić information content (AvgIpc) is 2.96. The number of nitrogens with zero attached hydrogens (tertiary/aromatic N) is 4. The monoisotopic (exact) mass is 334 g/mol. The molecule has 2 atom stereocenters. The molecular formula is C20H22N4O. The summed E-state index contributed by atoms with van der Waals surface area (Å²) in [5.74, 6) is 0.201. The molecule has 1 N–H and O–H groups in total. The molecule has 3 aromatic rings. The first-order valence-electron chi connectivity index (χ1n) is 8.70. The molecule has 0 saturated carbocycles. The van der Waals surface area contributed by atoms with Gasteiger partial charge in [-0.15, -0.1) is 0 Å². The lowest BCUT2D eigenvalue weighted by Crippen LogP contribution is -2.22. The number of hydrogen-bond acceptors (Lipinski definition) is 5. The number of β-amino-alcohol motifs (C(OH)–C–C–N with tert-alkyl or cyclic N) is 1. The summed E-state index contributed by atoms with van der Waals surface area (Å²) in [5.41, 5.74) is 3.92. The van der Waals surface area contributed by atoms with E-state index in [2.05, 4.69) is 33.1 Å². The molecule has 0 unspecified atom stereocenters. The summed E-state index contributed by atoms with van der Waals surface area (Å²) in [6, 6.07) is 12.3. The van der Waals surface area contributed by atoms with Crippen molar-refractivity contribution < 1.29 is 5.11 Å². The van der Waals surface area contributed by atoms with E-state index >= 15 is 0 Å². The van der Waals surface area contributed by atoms with E-state index in [9.17, 15) is 5.11 Å². The number of aromatic nitrogens is 3. The summed E-state index contributed by atoms with van der Waals surface area (Å²) < 4.78 is 0. The van der Waals surface area contributed by atoms with Gasteiger partial charge in [-0.2, -0.15) is 0 Å². The molecule has 5 heteroatoms. The third kappa shape index (κ3) is 3.67. The summed E-state index contributed by atoms with van der Waals surface area (Å²) in [7, 11) is 0. The molecule has 0 amide bonds. The highest BCUT2D eigenvalue weighted by molar-refractivity contribution is 5.78.